The molecule has 1 aromatic rings. The molecule has 15 heavy (non-hydrogen) atoms. The number of rotatable bonds is 2. The Morgan fingerprint density at radius 3 is 3.20 bits per heavy atom. The van der Waals surface area contributed by atoms with E-state index in [2.05, 4.69) is 17.4 Å². The predicted octanol–water partition coefficient (Wildman–Crippen LogP) is 1.84. The van der Waals surface area contributed by atoms with Gasteiger partial charge in [-0.05, 0) is 23.8 Å². The molecule has 2 rings (SSSR count). The Balaban J connectivity index is 2.06. The number of methoxy groups -OCH3 is 1. The van der Waals surface area contributed by atoms with E-state index in [-0.39, 0.29) is 12.1 Å². The van der Waals surface area contributed by atoms with E-state index in [1.165, 1.54) is 7.11 Å². The summed E-state index contributed by atoms with van der Waals surface area (Å²) in [6, 6.07) is 5.73. The molecule has 4 heteroatoms. The van der Waals surface area contributed by atoms with Crippen molar-refractivity contribution >= 4 is 18.6 Å². The molecule has 1 atom stereocenters. The van der Waals surface area contributed by atoms with Gasteiger partial charge in [-0.3, -0.25) is 4.79 Å². The van der Waals surface area contributed by atoms with Crippen molar-refractivity contribution in [2.75, 3.05) is 7.11 Å². The molecule has 0 fully saturated rings. The van der Waals surface area contributed by atoms with Crippen molar-refractivity contribution in [3.63, 3.8) is 0 Å². The standard InChI is InChI=1S/C11H12O3S/c1-13-11(12)6-8-4-7-5-9(15)2-3-10(7)14-8/h2-3,5,8,15H,4,6H2,1H3. The van der Waals surface area contributed by atoms with Crippen molar-refractivity contribution in [3.8, 4) is 5.75 Å². The zero-order chi connectivity index (χ0) is 10.8. The molecule has 0 radical (unpaired) electrons. The highest BCUT2D eigenvalue weighted by atomic mass is 32.1. The largest absolute Gasteiger partial charge is 0.489 e. The lowest BCUT2D eigenvalue weighted by molar-refractivity contribution is -0.142. The second-order valence-electron chi connectivity index (χ2n) is 3.52. The SMILES string of the molecule is COC(=O)CC1Cc2cc(S)ccc2O1. The lowest BCUT2D eigenvalue weighted by atomic mass is 10.1. The van der Waals surface area contributed by atoms with E-state index in [1.807, 2.05) is 18.2 Å². The number of ether oxygens (including phenoxy) is 2. The van der Waals surface area contributed by atoms with E-state index in [1.54, 1.807) is 0 Å². The Morgan fingerprint density at radius 1 is 1.67 bits per heavy atom. The number of thiol groups is 1. The molecule has 0 aromatic heterocycles. The summed E-state index contributed by atoms with van der Waals surface area (Å²) in [5.74, 6) is 0.612. The van der Waals surface area contributed by atoms with E-state index < -0.39 is 0 Å². The molecule has 1 unspecified atom stereocenters. The van der Waals surface area contributed by atoms with Crippen LogP contribution in [0, 0.1) is 0 Å². The molecule has 1 aliphatic heterocycles. The minimum absolute atomic E-state index is 0.0948. The zero-order valence-electron chi connectivity index (χ0n) is 8.40. The molecule has 0 saturated heterocycles. The van der Waals surface area contributed by atoms with Gasteiger partial charge in [0.15, 0.2) is 0 Å². The summed E-state index contributed by atoms with van der Waals surface area (Å²) >= 11 is 4.25. The van der Waals surface area contributed by atoms with Crippen molar-refractivity contribution in [2.24, 2.45) is 0 Å². The van der Waals surface area contributed by atoms with Gasteiger partial charge in [-0.25, -0.2) is 0 Å². The minimum Gasteiger partial charge on any atom is -0.489 e. The molecule has 3 nitrogen and oxygen atoms in total. The smallest absolute Gasteiger partial charge is 0.309 e. The summed E-state index contributed by atoms with van der Waals surface area (Å²) in [5, 5.41) is 0. The normalized spacial score (nSPS) is 18.1. The van der Waals surface area contributed by atoms with Crippen LogP contribution in [0.1, 0.15) is 12.0 Å². The van der Waals surface area contributed by atoms with Crippen LogP contribution in [0.25, 0.3) is 0 Å². The molecule has 0 spiro atoms. The number of esters is 1. The molecular weight excluding hydrogens is 212 g/mol. The number of carbonyl (C=O) groups is 1. The van der Waals surface area contributed by atoms with Crippen LogP contribution in [0.2, 0.25) is 0 Å². The quantitative estimate of drug-likeness (QED) is 0.615. The maximum atomic E-state index is 11.1. The maximum Gasteiger partial charge on any atom is 0.309 e. The fraction of sp³-hybridized carbons (Fsp3) is 0.364. The summed E-state index contributed by atoms with van der Waals surface area (Å²) in [6.07, 6.45) is 0.953. The molecule has 0 saturated carbocycles. The van der Waals surface area contributed by atoms with Crippen LogP contribution in [0.15, 0.2) is 23.1 Å². The second-order valence-corrected chi connectivity index (χ2v) is 4.03. The van der Waals surface area contributed by atoms with Crippen molar-refractivity contribution in [1.82, 2.24) is 0 Å². The third-order valence-electron chi connectivity index (χ3n) is 2.41. The van der Waals surface area contributed by atoms with Crippen LogP contribution in [0.5, 0.6) is 5.75 Å². The van der Waals surface area contributed by atoms with Crippen molar-refractivity contribution in [1.29, 1.82) is 0 Å². The van der Waals surface area contributed by atoms with Crippen molar-refractivity contribution < 1.29 is 14.3 Å². The van der Waals surface area contributed by atoms with Crippen molar-refractivity contribution in [2.45, 2.75) is 23.8 Å². The fourth-order valence-electron chi connectivity index (χ4n) is 1.69. The van der Waals surface area contributed by atoms with Gasteiger partial charge in [-0.1, -0.05) is 0 Å². The first-order valence-corrected chi connectivity index (χ1v) is 5.19. The number of fused-ring (bicyclic) bond motifs is 1. The van der Waals surface area contributed by atoms with Gasteiger partial charge in [0.1, 0.15) is 11.9 Å². The van der Waals surface area contributed by atoms with Gasteiger partial charge in [0, 0.05) is 11.3 Å². The van der Waals surface area contributed by atoms with Crippen LogP contribution in [-0.4, -0.2) is 19.2 Å². The molecule has 1 aliphatic rings. The van der Waals surface area contributed by atoms with Gasteiger partial charge in [0.05, 0.1) is 13.5 Å². The van der Waals surface area contributed by atoms with Gasteiger partial charge in [0.25, 0.3) is 0 Å². The number of hydrogen-bond acceptors (Lipinski definition) is 4. The Bertz CT molecular complexity index is 389. The average molecular weight is 224 g/mol. The van der Waals surface area contributed by atoms with Gasteiger partial charge in [-0.2, -0.15) is 0 Å². The van der Waals surface area contributed by atoms with E-state index in [0.717, 1.165) is 22.6 Å². The molecule has 0 bridgehead atoms. The Hall–Kier alpha value is -1.16. The minimum atomic E-state index is -0.237. The van der Waals surface area contributed by atoms with E-state index in [9.17, 15) is 4.79 Å². The topological polar surface area (TPSA) is 35.5 Å². The zero-order valence-corrected chi connectivity index (χ0v) is 9.29. The lowest BCUT2D eigenvalue weighted by Gasteiger charge is -2.08. The van der Waals surface area contributed by atoms with Crippen LogP contribution < -0.4 is 4.74 Å². The summed E-state index contributed by atoms with van der Waals surface area (Å²) in [7, 11) is 1.39. The third-order valence-corrected chi connectivity index (χ3v) is 2.69. The molecule has 80 valence electrons. The van der Waals surface area contributed by atoms with Gasteiger partial charge < -0.3 is 9.47 Å². The van der Waals surface area contributed by atoms with E-state index in [4.69, 9.17) is 4.74 Å². The number of hydrogen-bond donors (Lipinski definition) is 1. The number of benzene rings is 1. The Kier molecular flexibility index (Phi) is 2.86. The van der Waals surface area contributed by atoms with Crippen molar-refractivity contribution in [3.05, 3.63) is 23.8 Å². The number of carbonyl (C=O) groups excluding carboxylic acids is 1. The van der Waals surface area contributed by atoms with Crippen LogP contribution in [0.3, 0.4) is 0 Å². The Labute approximate surface area is 93.8 Å². The highest BCUT2D eigenvalue weighted by Crippen LogP contribution is 2.31. The summed E-state index contributed by atoms with van der Waals surface area (Å²) in [6.45, 7) is 0. The fourth-order valence-corrected chi connectivity index (χ4v) is 1.92. The van der Waals surface area contributed by atoms with Crippen LogP contribution in [-0.2, 0) is 16.0 Å². The van der Waals surface area contributed by atoms with Gasteiger partial charge >= 0.3 is 5.97 Å². The maximum absolute atomic E-state index is 11.1. The highest BCUT2D eigenvalue weighted by molar-refractivity contribution is 7.80. The molecule has 0 aliphatic carbocycles. The summed E-state index contributed by atoms with van der Waals surface area (Å²) in [5.41, 5.74) is 1.11. The Morgan fingerprint density at radius 2 is 2.47 bits per heavy atom. The van der Waals surface area contributed by atoms with E-state index in [0.29, 0.717) is 6.42 Å². The molecule has 1 heterocycles. The van der Waals surface area contributed by atoms with Crippen LogP contribution in [0.4, 0.5) is 0 Å². The highest BCUT2D eigenvalue weighted by Gasteiger charge is 2.25. The first-order valence-electron chi connectivity index (χ1n) is 4.74. The molecular formula is C11H12O3S. The molecule has 0 amide bonds. The predicted molar refractivity (Wildman–Crippen MR) is 58.4 cm³/mol. The molecule has 1 aromatic carbocycles. The lowest BCUT2D eigenvalue weighted by Crippen LogP contribution is -2.18. The van der Waals surface area contributed by atoms with Gasteiger partial charge in [-0.15, -0.1) is 12.6 Å². The summed E-state index contributed by atoms with van der Waals surface area (Å²) < 4.78 is 10.2. The molecule has 0 N–H and O–H groups in total. The monoisotopic (exact) mass is 224 g/mol. The first-order chi connectivity index (χ1) is 7.19. The second kappa shape index (κ2) is 4.14. The van der Waals surface area contributed by atoms with E-state index >= 15 is 0 Å². The summed E-state index contributed by atoms with van der Waals surface area (Å²) in [4.78, 5) is 12.0. The van der Waals surface area contributed by atoms with Crippen LogP contribution >= 0.6 is 12.6 Å². The average Bonchev–Trinajstić information content (AvgIpc) is 2.59. The third kappa shape index (κ3) is 2.26. The van der Waals surface area contributed by atoms with Gasteiger partial charge in [0.2, 0.25) is 0 Å². The first kappa shape index (κ1) is 10.4.